The number of fused-ring (bicyclic) bond motifs is 1. The van der Waals surface area contributed by atoms with E-state index in [1.54, 1.807) is 29.1 Å². The van der Waals surface area contributed by atoms with Crippen molar-refractivity contribution in [2.45, 2.75) is 13.0 Å². The van der Waals surface area contributed by atoms with Gasteiger partial charge in [-0.25, -0.2) is 0 Å². The molecule has 10 heteroatoms. The summed E-state index contributed by atoms with van der Waals surface area (Å²) in [5.41, 5.74) is 3.83. The number of hydrogen-bond acceptors (Lipinski definition) is 7. The van der Waals surface area contributed by atoms with E-state index in [1.807, 2.05) is 30.3 Å². The van der Waals surface area contributed by atoms with Gasteiger partial charge in [0.2, 0.25) is 5.89 Å². The van der Waals surface area contributed by atoms with E-state index < -0.39 is 12.3 Å². The summed E-state index contributed by atoms with van der Waals surface area (Å²) in [5, 5.41) is 6.91. The number of alkyl halides is 2. The Bertz CT molecular complexity index is 1410. The molecule has 0 aliphatic rings. The van der Waals surface area contributed by atoms with E-state index in [1.165, 1.54) is 17.5 Å². The summed E-state index contributed by atoms with van der Waals surface area (Å²) in [4.78, 5) is 20.9. The highest BCUT2D eigenvalue weighted by Crippen LogP contribution is 2.26. The topological polar surface area (TPSA) is 86.7 Å². The van der Waals surface area contributed by atoms with E-state index in [2.05, 4.69) is 20.2 Å². The van der Waals surface area contributed by atoms with Gasteiger partial charge in [0.1, 0.15) is 0 Å². The minimum atomic E-state index is -2.83. The highest BCUT2D eigenvalue weighted by atomic mass is 32.1. The molecule has 0 aliphatic carbocycles. The average molecular weight is 437 g/mol. The molecule has 0 atom stereocenters. The quantitative estimate of drug-likeness (QED) is 0.401. The number of benzene rings is 1. The van der Waals surface area contributed by atoms with Crippen molar-refractivity contribution in [1.82, 2.24) is 24.7 Å². The number of nitrogens with zero attached hydrogens (tertiary/aromatic N) is 5. The molecule has 0 N–H and O–H groups in total. The summed E-state index contributed by atoms with van der Waals surface area (Å²) in [6.07, 6.45) is 2.12. The summed E-state index contributed by atoms with van der Waals surface area (Å²) in [7, 11) is 0. The lowest BCUT2D eigenvalue weighted by molar-refractivity contribution is 0.116. The van der Waals surface area contributed by atoms with Crippen molar-refractivity contribution < 1.29 is 13.2 Å². The van der Waals surface area contributed by atoms with Crippen molar-refractivity contribution in [3.8, 4) is 22.6 Å². The lowest BCUT2D eigenvalue weighted by Crippen LogP contribution is -2.14. The van der Waals surface area contributed by atoms with Crippen LogP contribution >= 0.6 is 11.3 Å². The molecule has 7 nitrogen and oxygen atoms in total. The van der Waals surface area contributed by atoms with Crippen LogP contribution in [0, 0.1) is 0 Å². The Labute approximate surface area is 177 Å². The van der Waals surface area contributed by atoms with Crippen LogP contribution in [-0.2, 0) is 6.54 Å². The number of hydrogen-bond donors (Lipinski definition) is 0. The second-order valence-corrected chi connectivity index (χ2v) is 7.66. The Morgan fingerprint density at radius 1 is 1.03 bits per heavy atom. The fourth-order valence-electron chi connectivity index (χ4n) is 3.18. The minimum absolute atomic E-state index is 0.0320. The van der Waals surface area contributed by atoms with Crippen molar-refractivity contribution in [2.75, 3.05) is 0 Å². The van der Waals surface area contributed by atoms with Gasteiger partial charge in [-0.15, -0.1) is 10.2 Å². The first-order chi connectivity index (χ1) is 15.1. The Morgan fingerprint density at radius 2 is 1.90 bits per heavy atom. The molecule has 0 aliphatic heterocycles. The molecule has 0 amide bonds. The van der Waals surface area contributed by atoms with Crippen LogP contribution in [0.2, 0.25) is 0 Å². The normalized spacial score (nSPS) is 11.5. The molecule has 0 fully saturated rings. The van der Waals surface area contributed by atoms with Gasteiger partial charge in [0.15, 0.2) is 0 Å². The van der Waals surface area contributed by atoms with Gasteiger partial charge in [0.25, 0.3) is 5.89 Å². The zero-order chi connectivity index (χ0) is 21.4. The summed E-state index contributed by atoms with van der Waals surface area (Å²) in [5.74, 6) is -0.767. The number of pyridine rings is 2. The first kappa shape index (κ1) is 19.2. The fourth-order valence-corrected chi connectivity index (χ4v) is 4.11. The predicted octanol–water partition coefficient (Wildman–Crippen LogP) is 4.56. The van der Waals surface area contributed by atoms with E-state index in [4.69, 9.17) is 4.42 Å². The van der Waals surface area contributed by atoms with Crippen molar-refractivity contribution in [3.63, 3.8) is 0 Å². The highest BCUT2D eigenvalue weighted by molar-refractivity contribution is 7.16. The number of aromatic nitrogens is 5. The molecule has 5 rings (SSSR count). The maximum absolute atomic E-state index is 12.6. The SMILES string of the molecule is O=c1sc2cc(-c3cccnc3)ccc2n1Cc1ccc(-c2nnc(C(F)F)o2)cn1. The summed E-state index contributed by atoms with van der Waals surface area (Å²) in [6, 6.07) is 13.0. The first-order valence-corrected chi connectivity index (χ1v) is 10.0. The maximum Gasteiger partial charge on any atom is 0.314 e. The average Bonchev–Trinajstić information content (AvgIpc) is 3.40. The second-order valence-electron chi connectivity index (χ2n) is 6.66. The number of thiazole rings is 1. The number of rotatable bonds is 5. The second kappa shape index (κ2) is 7.80. The molecule has 0 unspecified atom stereocenters. The van der Waals surface area contributed by atoms with Crippen LogP contribution in [0.25, 0.3) is 32.8 Å². The van der Waals surface area contributed by atoms with Crippen LogP contribution in [0.1, 0.15) is 18.0 Å². The summed E-state index contributed by atoms with van der Waals surface area (Å²) >= 11 is 1.17. The van der Waals surface area contributed by atoms with Crippen molar-refractivity contribution >= 4 is 21.6 Å². The molecule has 0 radical (unpaired) electrons. The third-order valence-corrected chi connectivity index (χ3v) is 5.62. The molecule has 0 bridgehead atoms. The van der Waals surface area contributed by atoms with Gasteiger partial charge in [0.05, 0.1) is 28.0 Å². The smallest absolute Gasteiger partial charge is 0.314 e. The Kier molecular flexibility index (Phi) is 4.83. The molecule has 4 aromatic heterocycles. The van der Waals surface area contributed by atoms with Crippen molar-refractivity contribution in [1.29, 1.82) is 0 Å². The molecule has 31 heavy (non-hydrogen) atoms. The third-order valence-electron chi connectivity index (χ3n) is 4.68. The van der Waals surface area contributed by atoms with Crippen LogP contribution in [0.3, 0.4) is 0 Å². The van der Waals surface area contributed by atoms with Gasteiger partial charge in [-0.3, -0.25) is 19.3 Å². The molecule has 0 saturated heterocycles. The Morgan fingerprint density at radius 3 is 2.61 bits per heavy atom. The largest absolute Gasteiger partial charge is 0.415 e. The van der Waals surface area contributed by atoms with Crippen LogP contribution in [-0.4, -0.2) is 24.7 Å². The van der Waals surface area contributed by atoms with Crippen molar-refractivity contribution in [3.05, 3.63) is 82.3 Å². The fraction of sp³-hybridized carbons (Fsp3) is 0.0952. The van der Waals surface area contributed by atoms with Crippen LogP contribution < -0.4 is 4.87 Å². The molecule has 1 aromatic carbocycles. The van der Waals surface area contributed by atoms with Crippen LogP contribution in [0.15, 0.2) is 70.3 Å². The van der Waals surface area contributed by atoms with Gasteiger partial charge >= 0.3 is 11.3 Å². The van der Waals surface area contributed by atoms with Gasteiger partial charge in [-0.05, 0) is 35.9 Å². The van der Waals surface area contributed by atoms with Gasteiger partial charge in [-0.2, -0.15) is 8.78 Å². The number of halogens is 2. The molecule has 0 saturated carbocycles. The lowest BCUT2D eigenvalue weighted by Gasteiger charge is -2.05. The van der Waals surface area contributed by atoms with E-state index in [-0.39, 0.29) is 17.3 Å². The monoisotopic (exact) mass is 437 g/mol. The lowest BCUT2D eigenvalue weighted by atomic mass is 10.1. The molecule has 4 heterocycles. The maximum atomic E-state index is 12.6. The molecule has 154 valence electrons. The summed E-state index contributed by atoms with van der Waals surface area (Å²) in [6.45, 7) is 0.275. The van der Waals surface area contributed by atoms with Gasteiger partial charge < -0.3 is 4.42 Å². The zero-order valence-corrected chi connectivity index (χ0v) is 16.6. The molecule has 5 aromatic rings. The van der Waals surface area contributed by atoms with E-state index in [0.29, 0.717) is 11.3 Å². The third kappa shape index (κ3) is 3.73. The highest BCUT2D eigenvalue weighted by Gasteiger charge is 2.17. The van der Waals surface area contributed by atoms with Crippen molar-refractivity contribution in [2.24, 2.45) is 0 Å². The van der Waals surface area contributed by atoms with Crippen LogP contribution in [0.4, 0.5) is 8.78 Å². The zero-order valence-electron chi connectivity index (χ0n) is 15.8. The van der Waals surface area contributed by atoms with Crippen LogP contribution in [0.5, 0.6) is 0 Å². The Balaban J connectivity index is 1.42. The molecular formula is C21H13F2N5O2S. The molecule has 0 spiro atoms. The van der Waals surface area contributed by atoms with E-state index in [9.17, 15) is 13.6 Å². The van der Waals surface area contributed by atoms with Gasteiger partial charge in [-0.1, -0.05) is 23.5 Å². The van der Waals surface area contributed by atoms with E-state index in [0.717, 1.165) is 21.3 Å². The van der Waals surface area contributed by atoms with E-state index >= 15 is 0 Å². The summed E-state index contributed by atoms with van der Waals surface area (Å²) < 4.78 is 32.7. The minimum Gasteiger partial charge on any atom is -0.415 e. The first-order valence-electron chi connectivity index (χ1n) is 9.19. The predicted molar refractivity (Wildman–Crippen MR) is 111 cm³/mol. The van der Waals surface area contributed by atoms with Gasteiger partial charge in [0, 0.05) is 24.2 Å². The molecular weight excluding hydrogens is 424 g/mol. The Hall–Kier alpha value is -3.79. The standard InChI is InChI=1S/C21H13F2N5O2S/c22-18(23)20-27-26-19(30-20)14-3-5-15(25-10-14)11-28-16-6-4-12(8-17(16)31-21(28)29)13-2-1-7-24-9-13/h1-10,18H,11H2.